The Bertz CT molecular complexity index is 471. The van der Waals surface area contributed by atoms with Crippen LogP contribution >= 0.6 is 0 Å². The van der Waals surface area contributed by atoms with Gasteiger partial charge in [-0.25, -0.2) is 0 Å². The second-order valence-electron chi connectivity index (χ2n) is 6.18. The van der Waals surface area contributed by atoms with Crippen molar-refractivity contribution in [3.63, 3.8) is 0 Å². The van der Waals surface area contributed by atoms with Crippen molar-refractivity contribution < 1.29 is 4.79 Å². The lowest BCUT2D eigenvalue weighted by Crippen LogP contribution is -2.35. The number of hydrogen-bond acceptors (Lipinski definition) is 3. The van der Waals surface area contributed by atoms with Gasteiger partial charge in [0.2, 0.25) is 5.91 Å². The molecule has 0 saturated carbocycles. The van der Waals surface area contributed by atoms with Crippen molar-refractivity contribution in [1.29, 1.82) is 0 Å². The molecule has 2 fully saturated rings. The molecule has 20 heavy (non-hydrogen) atoms. The first-order chi connectivity index (χ1) is 9.67. The van der Waals surface area contributed by atoms with Crippen LogP contribution in [-0.2, 0) is 4.79 Å². The van der Waals surface area contributed by atoms with E-state index in [9.17, 15) is 4.79 Å². The number of hydrogen-bond donors (Lipinski definition) is 2. The number of amides is 1. The third kappa shape index (κ3) is 2.66. The number of nitrogens with zero attached hydrogens (tertiary/aromatic N) is 1. The average Bonchev–Trinajstić information content (AvgIpc) is 3.11. The first-order valence-electron chi connectivity index (χ1n) is 7.55. The van der Waals surface area contributed by atoms with Gasteiger partial charge in [0.05, 0.1) is 5.41 Å². The SMILES string of the molecule is CC1(C(=O)Nc2ccc(N3CCCC3)cc2)CCNC1. The first kappa shape index (κ1) is 13.4. The summed E-state index contributed by atoms with van der Waals surface area (Å²) in [6.07, 6.45) is 3.47. The van der Waals surface area contributed by atoms with E-state index in [-0.39, 0.29) is 11.3 Å². The molecule has 1 aromatic rings. The smallest absolute Gasteiger partial charge is 0.231 e. The molecule has 0 bridgehead atoms. The van der Waals surface area contributed by atoms with Gasteiger partial charge in [-0.05, 0) is 57.0 Å². The van der Waals surface area contributed by atoms with Crippen molar-refractivity contribution in [1.82, 2.24) is 5.32 Å². The molecule has 0 spiro atoms. The fraction of sp³-hybridized carbons (Fsp3) is 0.562. The zero-order valence-corrected chi connectivity index (χ0v) is 12.1. The van der Waals surface area contributed by atoms with Gasteiger partial charge in [-0.2, -0.15) is 0 Å². The number of carbonyl (C=O) groups is 1. The lowest BCUT2D eigenvalue weighted by molar-refractivity contribution is -0.123. The molecule has 4 nitrogen and oxygen atoms in total. The highest BCUT2D eigenvalue weighted by molar-refractivity contribution is 5.95. The van der Waals surface area contributed by atoms with Crippen LogP contribution in [0.1, 0.15) is 26.2 Å². The number of rotatable bonds is 3. The van der Waals surface area contributed by atoms with Gasteiger partial charge in [0.25, 0.3) is 0 Å². The fourth-order valence-corrected chi connectivity index (χ4v) is 3.02. The van der Waals surface area contributed by atoms with Crippen LogP contribution in [0.4, 0.5) is 11.4 Å². The molecule has 4 heteroatoms. The highest BCUT2D eigenvalue weighted by Gasteiger charge is 2.36. The Morgan fingerprint density at radius 2 is 1.95 bits per heavy atom. The summed E-state index contributed by atoms with van der Waals surface area (Å²) in [6.45, 7) is 6.02. The Hall–Kier alpha value is -1.55. The van der Waals surface area contributed by atoms with Gasteiger partial charge in [-0.3, -0.25) is 4.79 Å². The maximum atomic E-state index is 12.3. The maximum absolute atomic E-state index is 12.3. The van der Waals surface area contributed by atoms with E-state index in [1.807, 2.05) is 19.1 Å². The van der Waals surface area contributed by atoms with Crippen LogP contribution in [0.3, 0.4) is 0 Å². The summed E-state index contributed by atoms with van der Waals surface area (Å²) in [5.74, 6) is 0.122. The Balaban J connectivity index is 1.64. The Morgan fingerprint density at radius 3 is 2.55 bits per heavy atom. The second-order valence-corrected chi connectivity index (χ2v) is 6.18. The number of carbonyl (C=O) groups excluding carboxylic acids is 1. The molecule has 2 saturated heterocycles. The minimum absolute atomic E-state index is 0.122. The molecule has 1 unspecified atom stereocenters. The van der Waals surface area contributed by atoms with Crippen molar-refractivity contribution in [2.45, 2.75) is 26.2 Å². The van der Waals surface area contributed by atoms with E-state index in [2.05, 4.69) is 27.7 Å². The molecule has 0 aromatic heterocycles. The molecule has 2 heterocycles. The fourth-order valence-electron chi connectivity index (χ4n) is 3.02. The Morgan fingerprint density at radius 1 is 1.25 bits per heavy atom. The van der Waals surface area contributed by atoms with Crippen LogP contribution in [0.5, 0.6) is 0 Å². The van der Waals surface area contributed by atoms with Gasteiger partial charge < -0.3 is 15.5 Å². The maximum Gasteiger partial charge on any atom is 0.231 e. The van der Waals surface area contributed by atoms with E-state index in [0.717, 1.165) is 38.3 Å². The Kier molecular flexibility index (Phi) is 3.66. The first-order valence-corrected chi connectivity index (χ1v) is 7.55. The van der Waals surface area contributed by atoms with E-state index < -0.39 is 0 Å². The van der Waals surface area contributed by atoms with Gasteiger partial charge in [0.1, 0.15) is 0 Å². The van der Waals surface area contributed by atoms with Crippen molar-refractivity contribution in [2.75, 3.05) is 36.4 Å². The van der Waals surface area contributed by atoms with E-state index in [4.69, 9.17) is 0 Å². The minimum Gasteiger partial charge on any atom is -0.372 e. The summed E-state index contributed by atoms with van der Waals surface area (Å²) >= 11 is 0. The summed E-state index contributed by atoms with van der Waals surface area (Å²) in [5, 5.41) is 6.30. The summed E-state index contributed by atoms with van der Waals surface area (Å²) in [4.78, 5) is 14.7. The average molecular weight is 273 g/mol. The van der Waals surface area contributed by atoms with Crippen molar-refractivity contribution in [2.24, 2.45) is 5.41 Å². The third-order valence-electron chi connectivity index (χ3n) is 4.51. The second kappa shape index (κ2) is 5.44. The van der Waals surface area contributed by atoms with Crippen LogP contribution in [0.15, 0.2) is 24.3 Å². The molecule has 0 radical (unpaired) electrons. The molecular weight excluding hydrogens is 250 g/mol. The molecule has 2 N–H and O–H groups in total. The van der Waals surface area contributed by atoms with E-state index in [0.29, 0.717) is 0 Å². The van der Waals surface area contributed by atoms with Crippen LogP contribution in [0, 0.1) is 5.41 Å². The molecular formula is C16H23N3O. The zero-order chi connectivity index (χ0) is 14.0. The topological polar surface area (TPSA) is 44.4 Å². The zero-order valence-electron chi connectivity index (χ0n) is 12.1. The van der Waals surface area contributed by atoms with E-state index >= 15 is 0 Å². The third-order valence-corrected chi connectivity index (χ3v) is 4.51. The van der Waals surface area contributed by atoms with E-state index in [1.165, 1.54) is 18.5 Å². The summed E-state index contributed by atoms with van der Waals surface area (Å²) in [7, 11) is 0. The Labute approximate surface area is 120 Å². The van der Waals surface area contributed by atoms with Crippen LogP contribution < -0.4 is 15.5 Å². The summed E-state index contributed by atoms with van der Waals surface area (Å²) < 4.78 is 0. The number of anilines is 2. The monoisotopic (exact) mass is 273 g/mol. The van der Waals surface area contributed by atoms with Crippen LogP contribution in [0.2, 0.25) is 0 Å². The van der Waals surface area contributed by atoms with Crippen LogP contribution in [0.25, 0.3) is 0 Å². The van der Waals surface area contributed by atoms with Gasteiger partial charge in [0, 0.05) is 31.0 Å². The van der Waals surface area contributed by atoms with Crippen molar-refractivity contribution in [3.05, 3.63) is 24.3 Å². The molecule has 3 rings (SSSR count). The van der Waals surface area contributed by atoms with Gasteiger partial charge >= 0.3 is 0 Å². The molecule has 1 amide bonds. The number of benzene rings is 1. The molecule has 0 aliphatic carbocycles. The normalized spacial score (nSPS) is 25.9. The highest BCUT2D eigenvalue weighted by Crippen LogP contribution is 2.27. The predicted molar refractivity (Wildman–Crippen MR) is 82.1 cm³/mol. The molecule has 2 aliphatic heterocycles. The quantitative estimate of drug-likeness (QED) is 0.887. The minimum atomic E-state index is -0.270. The van der Waals surface area contributed by atoms with Gasteiger partial charge in [-0.15, -0.1) is 0 Å². The van der Waals surface area contributed by atoms with Gasteiger partial charge in [-0.1, -0.05) is 0 Å². The lowest BCUT2D eigenvalue weighted by Gasteiger charge is -2.22. The van der Waals surface area contributed by atoms with Crippen molar-refractivity contribution >= 4 is 17.3 Å². The largest absolute Gasteiger partial charge is 0.372 e. The molecule has 2 aliphatic rings. The van der Waals surface area contributed by atoms with Crippen LogP contribution in [-0.4, -0.2) is 32.1 Å². The lowest BCUT2D eigenvalue weighted by atomic mass is 9.89. The summed E-state index contributed by atoms with van der Waals surface area (Å²) in [6, 6.07) is 8.24. The van der Waals surface area contributed by atoms with E-state index in [1.54, 1.807) is 0 Å². The standard InChI is InChI=1S/C16H23N3O/c1-16(8-9-17-12-16)15(20)18-13-4-6-14(7-5-13)19-10-2-3-11-19/h4-7,17H,2-3,8-12H2,1H3,(H,18,20). The van der Waals surface area contributed by atoms with Crippen molar-refractivity contribution in [3.8, 4) is 0 Å². The van der Waals surface area contributed by atoms with Gasteiger partial charge in [0.15, 0.2) is 0 Å². The summed E-state index contributed by atoms with van der Waals surface area (Å²) in [5.41, 5.74) is 1.88. The molecule has 108 valence electrons. The molecule has 1 aromatic carbocycles. The number of nitrogens with one attached hydrogen (secondary N) is 2. The highest BCUT2D eigenvalue weighted by atomic mass is 16.2. The molecule has 1 atom stereocenters. The predicted octanol–water partition coefficient (Wildman–Crippen LogP) is 2.22.